The number of methoxy groups -OCH3 is 1. The highest BCUT2D eigenvalue weighted by atomic mass is 32.2. The van der Waals surface area contributed by atoms with Gasteiger partial charge in [-0.25, -0.2) is 8.42 Å². The van der Waals surface area contributed by atoms with Gasteiger partial charge in [-0.15, -0.1) is 0 Å². The smallest absolute Gasteiger partial charge is 0.277 e. The summed E-state index contributed by atoms with van der Waals surface area (Å²) in [6.07, 6.45) is 2.10. The lowest BCUT2D eigenvalue weighted by molar-refractivity contribution is 0.101. The molecule has 0 bridgehead atoms. The summed E-state index contributed by atoms with van der Waals surface area (Å²) in [5, 5.41) is 10.5. The van der Waals surface area contributed by atoms with Gasteiger partial charge in [-0.2, -0.15) is 4.31 Å². The summed E-state index contributed by atoms with van der Waals surface area (Å²) in [6, 6.07) is 6.22. The fourth-order valence-electron chi connectivity index (χ4n) is 4.08. The number of sulfonamides is 1. The van der Waals surface area contributed by atoms with E-state index in [1.54, 1.807) is 33.1 Å². The van der Waals surface area contributed by atoms with Gasteiger partial charge < -0.3 is 19.1 Å². The van der Waals surface area contributed by atoms with E-state index < -0.39 is 22.0 Å². The Morgan fingerprint density at radius 2 is 1.94 bits per heavy atom. The molecule has 4 rings (SSSR count). The SMILES string of the molecule is COc1ccc(NC(=O)c2cc(C3CCCCN3S(=O)(=O)c3c(C)noc3C)on2)c(C)c1. The number of piperidine rings is 1. The van der Waals surface area contributed by atoms with E-state index >= 15 is 0 Å². The summed E-state index contributed by atoms with van der Waals surface area (Å²) in [4.78, 5) is 12.8. The molecule has 1 saturated heterocycles. The zero-order valence-electron chi connectivity index (χ0n) is 18.9. The van der Waals surface area contributed by atoms with Crippen LogP contribution in [0.1, 0.15) is 58.6 Å². The van der Waals surface area contributed by atoms with Gasteiger partial charge >= 0.3 is 0 Å². The lowest BCUT2D eigenvalue weighted by atomic mass is 10.0. The highest BCUT2D eigenvalue weighted by Gasteiger charge is 2.39. The average Bonchev–Trinajstić information content (AvgIpc) is 3.42. The molecule has 3 heterocycles. The molecule has 0 spiro atoms. The summed E-state index contributed by atoms with van der Waals surface area (Å²) in [5.74, 6) is 0.797. The molecule has 176 valence electrons. The molecule has 0 radical (unpaired) electrons. The van der Waals surface area contributed by atoms with Gasteiger partial charge in [-0.05, 0) is 57.4 Å². The number of benzene rings is 1. The Balaban J connectivity index is 1.58. The van der Waals surface area contributed by atoms with Crippen LogP contribution < -0.4 is 10.1 Å². The average molecular weight is 475 g/mol. The van der Waals surface area contributed by atoms with Crippen LogP contribution in [-0.2, 0) is 10.0 Å². The van der Waals surface area contributed by atoms with E-state index in [-0.39, 0.29) is 16.3 Å². The molecule has 10 nitrogen and oxygen atoms in total. The monoisotopic (exact) mass is 474 g/mol. The Bertz CT molecular complexity index is 1260. The zero-order chi connectivity index (χ0) is 23.8. The lowest BCUT2D eigenvalue weighted by Crippen LogP contribution is -2.38. The molecule has 0 saturated carbocycles. The summed E-state index contributed by atoms with van der Waals surface area (Å²) in [7, 11) is -2.30. The molecule has 0 aliphatic carbocycles. The van der Waals surface area contributed by atoms with Crippen molar-refractivity contribution in [1.82, 2.24) is 14.6 Å². The molecule has 1 aromatic carbocycles. The van der Waals surface area contributed by atoms with Crippen molar-refractivity contribution in [3.8, 4) is 5.75 Å². The Kier molecular flexibility index (Phi) is 6.26. The molecule has 1 aliphatic heterocycles. The number of carbonyl (C=O) groups is 1. The molecule has 1 atom stereocenters. The van der Waals surface area contributed by atoms with E-state index in [9.17, 15) is 13.2 Å². The number of nitrogens with zero attached hydrogens (tertiary/aromatic N) is 3. The van der Waals surface area contributed by atoms with Gasteiger partial charge in [-0.1, -0.05) is 16.7 Å². The van der Waals surface area contributed by atoms with Crippen LogP contribution in [0.2, 0.25) is 0 Å². The first-order valence-electron chi connectivity index (χ1n) is 10.6. The quantitative estimate of drug-likeness (QED) is 0.572. The Morgan fingerprint density at radius 3 is 2.61 bits per heavy atom. The maximum absolute atomic E-state index is 13.4. The number of ether oxygens (including phenoxy) is 1. The second-order valence-corrected chi connectivity index (χ2v) is 9.86. The second kappa shape index (κ2) is 8.99. The first-order valence-corrected chi connectivity index (χ1v) is 12.0. The maximum atomic E-state index is 13.4. The first-order chi connectivity index (χ1) is 15.7. The predicted octanol–water partition coefficient (Wildman–Crippen LogP) is 3.76. The molecular formula is C22H26N4O6S. The van der Waals surface area contributed by atoms with E-state index in [1.807, 2.05) is 13.0 Å². The van der Waals surface area contributed by atoms with Crippen molar-refractivity contribution in [2.75, 3.05) is 19.0 Å². The highest BCUT2D eigenvalue weighted by Crippen LogP contribution is 2.37. The van der Waals surface area contributed by atoms with Crippen molar-refractivity contribution < 1.29 is 27.0 Å². The third-order valence-electron chi connectivity index (χ3n) is 5.76. The van der Waals surface area contributed by atoms with E-state index in [0.717, 1.165) is 18.4 Å². The van der Waals surface area contributed by atoms with E-state index in [4.69, 9.17) is 13.8 Å². The van der Waals surface area contributed by atoms with E-state index in [2.05, 4.69) is 15.6 Å². The van der Waals surface area contributed by atoms with Crippen LogP contribution in [0.4, 0.5) is 5.69 Å². The minimum absolute atomic E-state index is 0.0699. The van der Waals surface area contributed by atoms with Gasteiger partial charge in [0.05, 0.1) is 13.2 Å². The number of hydrogen-bond donors (Lipinski definition) is 1. The Labute approximate surface area is 191 Å². The predicted molar refractivity (Wildman–Crippen MR) is 119 cm³/mol. The van der Waals surface area contributed by atoms with Gasteiger partial charge in [0.1, 0.15) is 16.3 Å². The molecule has 1 aliphatic rings. The van der Waals surface area contributed by atoms with Crippen LogP contribution in [0, 0.1) is 20.8 Å². The molecule has 11 heteroatoms. The van der Waals surface area contributed by atoms with Gasteiger partial charge in [0.2, 0.25) is 10.0 Å². The van der Waals surface area contributed by atoms with Crippen LogP contribution >= 0.6 is 0 Å². The third-order valence-corrected chi connectivity index (χ3v) is 7.91. The fourth-order valence-corrected chi connectivity index (χ4v) is 6.04. The number of nitrogens with one attached hydrogen (secondary N) is 1. The lowest BCUT2D eigenvalue weighted by Gasteiger charge is -2.32. The molecule has 33 heavy (non-hydrogen) atoms. The minimum Gasteiger partial charge on any atom is -0.497 e. The van der Waals surface area contributed by atoms with Crippen LogP contribution in [0.5, 0.6) is 5.75 Å². The molecule has 1 fully saturated rings. The van der Waals surface area contributed by atoms with Crippen LogP contribution in [-0.4, -0.2) is 42.6 Å². The molecule has 1 amide bonds. The largest absolute Gasteiger partial charge is 0.497 e. The summed E-state index contributed by atoms with van der Waals surface area (Å²) >= 11 is 0. The van der Waals surface area contributed by atoms with E-state index in [0.29, 0.717) is 35.9 Å². The van der Waals surface area contributed by atoms with Crippen LogP contribution in [0.3, 0.4) is 0 Å². The Morgan fingerprint density at radius 1 is 1.15 bits per heavy atom. The Hall–Kier alpha value is -3.18. The van der Waals surface area contributed by atoms with Gasteiger partial charge in [0.25, 0.3) is 5.91 Å². The summed E-state index contributed by atoms with van der Waals surface area (Å²) in [5.41, 5.74) is 1.82. The van der Waals surface area contributed by atoms with Crippen molar-refractivity contribution >= 4 is 21.6 Å². The van der Waals surface area contributed by atoms with Gasteiger partial charge in [0, 0.05) is 18.3 Å². The number of aromatic nitrogens is 2. The van der Waals surface area contributed by atoms with Crippen molar-refractivity contribution in [2.45, 2.75) is 51.0 Å². The topological polar surface area (TPSA) is 128 Å². The molecular weight excluding hydrogens is 448 g/mol. The second-order valence-electron chi connectivity index (χ2n) is 8.03. The van der Waals surface area contributed by atoms with Crippen LogP contribution in [0.15, 0.2) is 38.2 Å². The van der Waals surface area contributed by atoms with Crippen molar-refractivity contribution in [3.05, 3.63) is 52.7 Å². The normalized spacial score (nSPS) is 17.2. The number of carbonyl (C=O) groups excluding carboxylic acids is 1. The zero-order valence-corrected chi connectivity index (χ0v) is 19.7. The van der Waals surface area contributed by atoms with Crippen molar-refractivity contribution in [2.24, 2.45) is 0 Å². The highest BCUT2D eigenvalue weighted by molar-refractivity contribution is 7.89. The molecule has 2 aromatic heterocycles. The van der Waals surface area contributed by atoms with Crippen LogP contribution in [0.25, 0.3) is 0 Å². The molecule has 1 N–H and O–H groups in total. The van der Waals surface area contributed by atoms with Crippen molar-refractivity contribution in [1.29, 1.82) is 0 Å². The third kappa shape index (κ3) is 4.38. The maximum Gasteiger partial charge on any atom is 0.277 e. The van der Waals surface area contributed by atoms with Crippen molar-refractivity contribution in [3.63, 3.8) is 0 Å². The van der Waals surface area contributed by atoms with Gasteiger partial charge in [-0.3, -0.25) is 4.79 Å². The minimum atomic E-state index is -3.87. The summed E-state index contributed by atoms with van der Waals surface area (Å²) in [6.45, 7) is 5.35. The fraction of sp³-hybridized carbons (Fsp3) is 0.409. The molecule has 3 aromatic rings. The number of aryl methyl sites for hydroxylation is 3. The molecule has 1 unspecified atom stereocenters. The number of rotatable bonds is 6. The van der Waals surface area contributed by atoms with Gasteiger partial charge in [0.15, 0.2) is 17.2 Å². The standard InChI is InChI=1S/C22H26N4O6S/c1-13-11-16(30-4)8-9-17(13)23-22(27)18-12-20(32-25-18)19-7-5-6-10-26(19)33(28,29)21-14(2)24-31-15(21)3/h8-9,11-12,19H,5-7,10H2,1-4H3,(H,23,27). The summed E-state index contributed by atoms with van der Waals surface area (Å²) < 4.78 is 43.9. The van der Waals surface area contributed by atoms with E-state index in [1.165, 1.54) is 10.4 Å². The number of hydrogen-bond acceptors (Lipinski definition) is 8. The number of amides is 1. The first kappa shape index (κ1) is 23.0. The number of anilines is 1.